The fraction of sp³-hybridized carbons (Fsp3) is 0.111. The third kappa shape index (κ3) is 4.06. The zero-order valence-electron chi connectivity index (χ0n) is 11.2. The largest absolute Gasteiger partial charge is 0.0985 e. The summed E-state index contributed by atoms with van der Waals surface area (Å²) in [6, 6.07) is 16.3. The van der Waals surface area contributed by atoms with E-state index in [0.29, 0.717) is 0 Å². The highest BCUT2D eigenvalue weighted by molar-refractivity contribution is 5.53. The van der Waals surface area contributed by atoms with E-state index in [1.807, 2.05) is 42.5 Å². The van der Waals surface area contributed by atoms with E-state index in [-0.39, 0.29) is 0 Å². The molecule has 0 saturated heterocycles. The second kappa shape index (κ2) is 7.29. The van der Waals surface area contributed by atoms with Crippen molar-refractivity contribution in [3.8, 4) is 0 Å². The summed E-state index contributed by atoms with van der Waals surface area (Å²) in [7, 11) is 0. The Labute approximate surface area is 110 Å². The molecule has 0 aliphatic rings. The van der Waals surface area contributed by atoms with Crippen molar-refractivity contribution in [2.75, 3.05) is 0 Å². The summed E-state index contributed by atoms with van der Waals surface area (Å²) >= 11 is 0. The van der Waals surface area contributed by atoms with Gasteiger partial charge in [0.1, 0.15) is 0 Å². The molecule has 0 unspecified atom stereocenters. The molecule has 0 N–H and O–H groups in total. The molecule has 2 rings (SSSR count). The summed E-state index contributed by atoms with van der Waals surface area (Å²) < 4.78 is 0. The predicted molar refractivity (Wildman–Crippen MR) is 82.5 cm³/mol. The highest BCUT2D eigenvalue weighted by atomic mass is 14.0. The van der Waals surface area contributed by atoms with E-state index in [1.54, 1.807) is 0 Å². The van der Waals surface area contributed by atoms with Gasteiger partial charge in [0.15, 0.2) is 0 Å². The van der Waals surface area contributed by atoms with Gasteiger partial charge >= 0.3 is 0 Å². The van der Waals surface area contributed by atoms with E-state index in [9.17, 15) is 0 Å². The lowest BCUT2D eigenvalue weighted by atomic mass is 10.0. The number of hydrogen-bond donors (Lipinski definition) is 0. The minimum atomic E-state index is 1.17. The Morgan fingerprint density at radius 2 is 1.44 bits per heavy atom. The number of hydrogen-bond acceptors (Lipinski definition) is 0. The van der Waals surface area contributed by atoms with Crippen LogP contribution < -0.4 is 0 Å². The third-order valence-electron chi connectivity index (χ3n) is 2.90. The summed E-state index contributed by atoms with van der Waals surface area (Å²) in [6.07, 6.45) is 3.72. The molecule has 0 radical (unpaired) electrons. The van der Waals surface area contributed by atoms with Crippen molar-refractivity contribution in [2.45, 2.75) is 13.8 Å². The normalized spacial score (nSPS) is 9.00. The van der Waals surface area contributed by atoms with Crippen molar-refractivity contribution in [3.05, 3.63) is 83.9 Å². The highest BCUT2D eigenvalue weighted by Crippen LogP contribution is 2.12. The summed E-state index contributed by atoms with van der Waals surface area (Å²) in [6.45, 7) is 11.6. The fourth-order valence-electron chi connectivity index (χ4n) is 1.58. The molecule has 0 aliphatic heterocycles. The average Bonchev–Trinajstić information content (AvgIpc) is 2.43. The van der Waals surface area contributed by atoms with Crippen LogP contribution in [-0.2, 0) is 0 Å². The maximum absolute atomic E-state index is 3.73. The lowest BCUT2D eigenvalue weighted by Gasteiger charge is -2.01. The van der Waals surface area contributed by atoms with E-state index >= 15 is 0 Å². The van der Waals surface area contributed by atoms with Gasteiger partial charge in [-0.2, -0.15) is 0 Å². The Balaban J connectivity index is 0.000000184. The van der Waals surface area contributed by atoms with Crippen molar-refractivity contribution in [2.24, 2.45) is 0 Å². The quantitative estimate of drug-likeness (QED) is 0.665. The van der Waals surface area contributed by atoms with E-state index < -0.39 is 0 Å². The number of benzene rings is 2. The topological polar surface area (TPSA) is 0 Å². The highest BCUT2D eigenvalue weighted by Gasteiger charge is 1.93. The first-order valence-electron chi connectivity index (χ1n) is 6.05. The Morgan fingerprint density at radius 3 is 1.89 bits per heavy atom. The van der Waals surface area contributed by atoms with Crippen LogP contribution in [0.2, 0.25) is 0 Å². The minimum absolute atomic E-state index is 1.17. The Morgan fingerprint density at radius 1 is 0.778 bits per heavy atom. The zero-order chi connectivity index (χ0) is 13.4. The van der Waals surface area contributed by atoms with Crippen molar-refractivity contribution in [3.63, 3.8) is 0 Å². The molecule has 0 bridgehead atoms. The van der Waals surface area contributed by atoms with E-state index in [1.165, 1.54) is 22.3 Å². The van der Waals surface area contributed by atoms with Gasteiger partial charge in [-0.05, 0) is 36.1 Å². The van der Waals surface area contributed by atoms with Crippen molar-refractivity contribution < 1.29 is 0 Å². The first-order chi connectivity index (χ1) is 8.69. The summed E-state index contributed by atoms with van der Waals surface area (Å²) in [5.41, 5.74) is 5.07. The molecule has 2 aromatic rings. The molecule has 0 aliphatic carbocycles. The molecule has 18 heavy (non-hydrogen) atoms. The van der Waals surface area contributed by atoms with Gasteiger partial charge in [-0.3, -0.25) is 0 Å². The molecule has 0 saturated carbocycles. The molecular formula is C18H20. The first-order valence-corrected chi connectivity index (χ1v) is 6.05. The molecule has 0 heterocycles. The number of rotatable bonds is 2. The van der Waals surface area contributed by atoms with Crippen LogP contribution >= 0.6 is 0 Å². The predicted octanol–water partition coefficient (Wildman–Crippen LogP) is 5.28. The second-order valence-electron chi connectivity index (χ2n) is 4.11. The molecule has 0 spiro atoms. The van der Waals surface area contributed by atoms with Crippen LogP contribution in [-0.4, -0.2) is 0 Å². The molecule has 0 nitrogen and oxygen atoms in total. The Kier molecular flexibility index (Phi) is 5.66. The van der Waals surface area contributed by atoms with E-state index in [2.05, 4.69) is 45.2 Å². The van der Waals surface area contributed by atoms with Gasteiger partial charge in [0.05, 0.1) is 0 Å². The van der Waals surface area contributed by atoms with Gasteiger partial charge in [0.2, 0.25) is 0 Å². The standard InChI is InChI=1S/C10H12.C8H8/c1-4-10-7-5-6-8(2)9(10)3;1-2-8-6-4-3-5-7-8/h4-7H,1H2,2-3H3;2-7H,1H2. The molecule has 2 aromatic carbocycles. The molecule has 0 amide bonds. The lowest BCUT2D eigenvalue weighted by Crippen LogP contribution is -1.83. The van der Waals surface area contributed by atoms with Crippen LogP contribution in [0.5, 0.6) is 0 Å². The molecule has 0 aromatic heterocycles. The SMILES string of the molecule is C=Cc1cccc(C)c1C.C=Cc1ccccc1. The van der Waals surface area contributed by atoms with Crippen molar-refractivity contribution >= 4 is 12.2 Å². The average molecular weight is 236 g/mol. The van der Waals surface area contributed by atoms with Gasteiger partial charge in [-0.15, -0.1) is 0 Å². The monoisotopic (exact) mass is 236 g/mol. The van der Waals surface area contributed by atoms with Crippen LogP contribution in [0.15, 0.2) is 61.7 Å². The molecular weight excluding hydrogens is 216 g/mol. The van der Waals surface area contributed by atoms with Gasteiger partial charge in [0, 0.05) is 0 Å². The summed E-state index contributed by atoms with van der Waals surface area (Å²) in [5, 5.41) is 0. The van der Waals surface area contributed by atoms with Gasteiger partial charge in [-0.25, -0.2) is 0 Å². The van der Waals surface area contributed by atoms with Crippen LogP contribution in [0, 0.1) is 13.8 Å². The third-order valence-corrected chi connectivity index (χ3v) is 2.90. The fourth-order valence-corrected chi connectivity index (χ4v) is 1.58. The van der Waals surface area contributed by atoms with Gasteiger partial charge in [-0.1, -0.05) is 73.8 Å². The summed E-state index contributed by atoms with van der Waals surface area (Å²) in [4.78, 5) is 0. The molecule has 0 fully saturated rings. The lowest BCUT2D eigenvalue weighted by molar-refractivity contribution is 1.33. The Bertz CT molecular complexity index is 507. The maximum Gasteiger partial charge on any atom is -0.0231 e. The van der Waals surface area contributed by atoms with Gasteiger partial charge < -0.3 is 0 Å². The molecule has 0 heteroatoms. The van der Waals surface area contributed by atoms with Crippen molar-refractivity contribution in [1.82, 2.24) is 0 Å². The van der Waals surface area contributed by atoms with E-state index in [4.69, 9.17) is 0 Å². The van der Waals surface area contributed by atoms with Gasteiger partial charge in [0.25, 0.3) is 0 Å². The first kappa shape index (κ1) is 14.0. The second-order valence-corrected chi connectivity index (χ2v) is 4.11. The minimum Gasteiger partial charge on any atom is -0.0985 e. The van der Waals surface area contributed by atoms with Crippen LogP contribution in [0.1, 0.15) is 22.3 Å². The molecule has 0 atom stereocenters. The number of aryl methyl sites for hydroxylation is 1. The maximum atomic E-state index is 3.73. The van der Waals surface area contributed by atoms with Crippen molar-refractivity contribution in [1.29, 1.82) is 0 Å². The zero-order valence-corrected chi connectivity index (χ0v) is 11.2. The Hall–Kier alpha value is -2.08. The van der Waals surface area contributed by atoms with Crippen LogP contribution in [0.25, 0.3) is 12.2 Å². The smallest absolute Gasteiger partial charge is 0.0231 e. The molecule has 92 valence electrons. The van der Waals surface area contributed by atoms with E-state index in [0.717, 1.165) is 0 Å². The summed E-state index contributed by atoms with van der Waals surface area (Å²) in [5.74, 6) is 0. The van der Waals surface area contributed by atoms with Crippen LogP contribution in [0.3, 0.4) is 0 Å². The van der Waals surface area contributed by atoms with Crippen LogP contribution in [0.4, 0.5) is 0 Å².